The van der Waals surface area contributed by atoms with Gasteiger partial charge in [0, 0.05) is 30.9 Å². The van der Waals surface area contributed by atoms with Gasteiger partial charge in [0.1, 0.15) is 36.0 Å². The van der Waals surface area contributed by atoms with Crippen molar-refractivity contribution in [3.63, 3.8) is 0 Å². The maximum atomic E-state index is 11.8. The Hall–Kier alpha value is -4.31. The summed E-state index contributed by atoms with van der Waals surface area (Å²) in [5.41, 5.74) is 2.61. The van der Waals surface area contributed by atoms with Crippen LogP contribution in [0.4, 0.5) is 11.5 Å². The molecule has 11 heteroatoms. The standard InChI is InChI=1S/C25H22ClN7O3/c1-2-23(34)33-11-9-18(13-33)36-22-8-6-20-24(31-22)25(28-15-27-20)30-16-5-7-21(19(26)12-16)35-14-17-4-3-10-29-32-17/h2-8,10,12,15,18H,1,9,11,13-14H2,(H,27,28,30). The second-order valence-corrected chi connectivity index (χ2v) is 8.44. The molecule has 36 heavy (non-hydrogen) atoms. The number of carbonyl (C=O) groups is 1. The van der Waals surface area contributed by atoms with Gasteiger partial charge in [-0.2, -0.15) is 10.2 Å². The van der Waals surface area contributed by atoms with E-state index in [0.717, 1.165) is 6.42 Å². The molecule has 1 N–H and O–H groups in total. The maximum absolute atomic E-state index is 11.8. The van der Waals surface area contributed by atoms with E-state index in [1.165, 1.54) is 12.4 Å². The van der Waals surface area contributed by atoms with E-state index in [4.69, 9.17) is 21.1 Å². The van der Waals surface area contributed by atoms with Crippen molar-refractivity contribution in [1.29, 1.82) is 0 Å². The topological polar surface area (TPSA) is 115 Å². The Morgan fingerprint density at radius 1 is 1.25 bits per heavy atom. The molecule has 1 unspecified atom stereocenters. The summed E-state index contributed by atoms with van der Waals surface area (Å²) in [4.78, 5) is 26.8. The van der Waals surface area contributed by atoms with Gasteiger partial charge in [0.25, 0.3) is 0 Å². The molecule has 1 amide bonds. The van der Waals surface area contributed by atoms with Crippen molar-refractivity contribution in [2.24, 2.45) is 0 Å². The number of hydrogen-bond donors (Lipinski definition) is 1. The first kappa shape index (κ1) is 23.4. The zero-order chi connectivity index (χ0) is 24.9. The van der Waals surface area contributed by atoms with Crippen molar-refractivity contribution in [3.8, 4) is 11.6 Å². The highest BCUT2D eigenvalue weighted by Crippen LogP contribution is 2.31. The van der Waals surface area contributed by atoms with E-state index in [0.29, 0.717) is 58.0 Å². The van der Waals surface area contributed by atoms with Gasteiger partial charge in [-0.05, 0) is 42.5 Å². The summed E-state index contributed by atoms with van der Waals surface area (Å²) in [5, 5.41) is 11.5. The van der Waals surface area contributed by atoms with Crippen molar-refractivity contribution in [2.75, 3.05) is 18.4 Å². The lowest BCUT2D eigenvalue weighted by Gasteiger charge is -2.15. The molecule has 1 atom stereocenters. The molecule has 4 aromatic rings. The molecule has 0 bridgehead atoms. The van der Waals surface area contributed by atoms with Gasteiger partial charge in [0.05, 0.1) is 17.1 Å². The summed E-state index contributed by atoms with van der Waals surface area (Å²) in [6, 6.07) is 12.5. The number of benzene rings is 1. The number of amides is 1. The molecule has 5 rings (SSSR count). The molecular weight excluding hydrogens is 482 g/mol. The van der Waals surface area contributed by atoms with Crippen LogP contribution in [0.2, 0.25) is 5.02 Å². The highest BCUT2D eigenvalue weighted by Gasteiger charge is 2.26. The minimum atomic E-state index is -0.145. The van der Waals surface area contributed by atoms with Crippen LogP contribution >= 0.6 is 11.6 Å². The normalized spacial score (nSPS) is 15.0. The highest BCUT2D eigenvalue weighted by atomic mass is 35.5. The van der Waals surface area contributed by atoms with Crippen molar-refractivity contribution >= 4 is 40.0 Å². The molecule has 0 aliphatic carbocycles. The third-order valence-corrected chi connectivity index (χ3v) is 5.87. The summed E-state index contributed by atoms with van der Waals surface area (Å²) in [7, 11) is 0. The number of pyridine rings is 1. The smallest absolute Gasteiger partial charge is 0.246 e. The lowest BCUT2D eigenvalue weighted by Crippen LogP contribution is -2.29. The first-order chi connectivity index (χ1) is 17.6. The number of rotatable bonds is 8. The number of nitrogens with one attached hydrogen (secondary N) is 1. The molecule has 1 saturated heterocycles. The summed E-state index contributed by atoms with van der Waals surface area (Å²) in [6.45, 7) is 4.91. The van der Waals surface area contributed by atoms with Crippen LogP contribution in [0.1, 0.15) is 12.1 Å². The van der Waals surface area contributed by atoms with Gasteiger partial charge in [0.2, 0.25) is 11.8 Å². The van der Waals surface area contributed by atoms with Crippen molar-refractivity contribution < 1.29 is 14.3 Å². The van der Waals surface area contributed by atoms with Gasteiger partial charge in [-0.1, -0.05) is 18.2 Å². The number of fused-ring (bicyclic) bond motifs is 1. The average molecular weight is 504 g/mol. The SMILES string of the molecule is C=CC(=O)N1CCC(Oc2ccc3ncnc(Nc4ccc(OCc5cccnn5)c(Cl)c4)c3n2)C1. The third-order valence-electron chi connectivity index (χ3n) is 5.57. The van der Waals surface area contributed by atoms with E-state index in [9.17, 15) is 4.79 Å². The number of ether oxygens (including phenoxy) is 2. The van der Waals surface area contributed by atoms with E-state index in [-0.39, 0.29) is 18.6 Å². The molecule has 3 aromatic heterocycles. The minimum absolute atomic E-state index is 0.101. The molecule has 4 heterocycles. The molecule has 182 valence electrons. The molecule has 0 radical (unpaired) electrons. The summed E-state index contributed by atoms with van der Waals surface area (Å²) < 4.78 is 11.8. The quantitative estimate of drug-likeness (QED) is 0.357. The van der Waals surface area contributed by atoms with Crippen LogP contribution < -0.4 is 14.8 Å². The molecular formula is C25H22ClN7O3. The molecule has 0 spiro atoms. The van der Waals surface area contributed by atoms with E-state index in [2.05, 4.69) is 37.0 Å². The average Bonchev–Trinajstić information content (AvgIpc) is 3.37. The van der Waals surface area contributed by atoms with Crippen LogP contribution in [0.3, 0.4) is 0 Å². The Morgan fingerprint density at radius 3 is 2.97 bits per heavy atom. The first-order valence-corrected chi connectivity index (χ1v) is 11.6. The van der Waals surface area contributed by atoms with E-state index < -0.39 is 0 Å². The Kier molecular flexibility index (Phi) is 6.85. The maximum Gasteiger partial charge on any atom is 0.246 e. The number of carbonyl (C=O) groups excluding carboxylic acids is 1. The molecule has 1 aliphatic heterocycles. The molecule has 10 nitrogen and oxygen atoms in total. The second-order valence-electron chi connectivity index (χ2n) is 8.03. The molecule has 1 aromatic carbocycles. The van der Waals surface area contributed by atoms with E-state index in [1.807, 2.05) is 18.2 Å². The minimum Gasteiger partial charge on any atom is -0.486 e. The van der Waals surface area contributed by atoms with Gasteiger partial charge in [-0.15, -0.1) is 0 Å². The number of likely N-dealkylation sites (tertiary alicyclic amines) is 1. The highest BCUT2D eigenvalue weighted by molar-refractivity contribution is 6.32. The van der Waals surface area contributed by atoms with E-state index in [1.54, 1.807) is 35.4 Å². The van der Waals surface area contributed by atoms with Crippen LogP contribution in [0, 0.1) is 0 Å². The lowest BCUT2D eigenvalue weighted by atomic mass is 10.2. The Morgan fingerprint density at radius 2 is 2.17 bits per heavy atom. The van der Waals surface area contributed by atoms with Gasteiger partial charge >= 0.3 is 0 Å². The molecule has 0 saturated carbocycles. The first-order valence-electron chi connectivity index (χ1n) is 11.2. The van der Waals surface area contributed by atoms with Crippen LogP contribution in [0.5, 0.6) is 11.6 Å². The number of hydrogen-bond acceptors (Lipinski definition) is 9. The van der Waals surface area contributed by atoms with E-state index >= 15 is 0 Å². The summed E-state index contributed by atoms with van der Waals surface area (Å²) >= 11 is 6.44. The van der Waals surface area contributed by atoms with Crippen LogP contribution in [0.15, 0.2) is 67.6 Å². The fraction of sp³-hybridized carbons (Fsp3) is 0.200. The fourth-order valence-electron chi connectivity index (χ4n) is 3.80. The summed E-state index contributed by atoms with van der Waals surface area (Å²) in [5.74, 6) is 1.36. The number of nitrogens with zero attached hydrogens (tertiary/aromatic N) is 6. The summed E-state index contributed by atoms with van der Waals surface area (Å²) in [6.07, 6.45) is 4.96. The van der Waals surface area contributed by atoms with Crippen LogP contribution in [-0.4, -0.2) is 55.1 Å². The monoisotopic (exact) mass is 503 g/mol. The van der Waals surface area contributed by atoms with Crippen LogP contribution in [0.25, 0.3) is 11.0 Å². The van der Waals surface area contributed by atoms with Gasteiger partial charge < -0.3 is 19.7 Å². The van der Waals surface area contributed by atoms with Gasteiger partial charge in [-0.3, -0.25) is 4.79 Å². The van der Waals surface area contributed by atoms with Gasteiger partial charge in [0.15, 0.2) is 5.82 Å². The number of anilines is 2. The predicted octanol–water partition coefficient (Wildman–Crippen LogP) is 3.96. The Labute approximate surface area is 212 Å². The third kappa shape index (κ3) is 5.33. The molecule has 1 fully saturated rings. The number of aromatic nitrogens is 5. The Balaban J connectivity index is 1.30. The lowest BCUT2D eigenvalue weighted by molar-refractivity contribution is -0.125. The largest absolute Gasteiger partial charge is 0.486 e. The van der Waals surface area contributed by atoms with Crippen molar-refractivity contribution in [2.45, 2.75) is 19.1 Å². The number of halogens is 1. The van der Waals surface area contributed by atoms with Crippen molar-refractivity contribution in [1.82, 2.24) is 30.0 Å². The van der Waals surface area contributed by atoms with Gasteiger partial charge in [-0.25, -0.2) is 15.0 Å². The fourth-order valence-corrected chi connectivity index (χ4v) is 4.03. The second kappa shape index (κ2) is 10.5. The van der Waals surface area contributed by atoms with Crippen LogP contribution in [-0.2, 0) is 11.4 Å². The molecule has 1 aliphatic rings. The Bertz CT molecular complexity index is 1400. The zero-order valence-corrected chi connectivity index (χ0v) is 19.9. The predicted molar refractivity (Wildman–Crippen MR) is 134 cm³/mol. The zero-order valence-electron chi connectivity index (χ0n) is 19.2. The van der Waals surface area contributed by atoms with Crippen molar-refractivity contribution in [3.05, 3.63) is 78.4 Å².